The first-order chi connectivity index (χ1) is 15.0. The third kappa shape index (κ3) is 4.43. The number of hydrogen-bond donors (Lipinski definition) is 0. The molecule has 0 aliphatic rings. The number of ether oxygens (including phenoxy) is 2. The van der Waals surface area contributed by atoms with Gasteiger partial charge in [-0.3, -0.25) is 0 Å². The summed E-state index contributed by atoms with van der Waals surface area (Å²) in [5, 5.41) is 1.94. The van der Waals surface area contributed by atoms with Gasteiger partial charge in [0.2, 0.25) is 0 Å². The van der Waals surface area contributed by atoms with Crippen molar-refractivity contribution in [2.75, 3.05) is 19.5 Å². The number of carbonyl (C=O) groups is 2. The summed E-state index contributed by atoms with van der Waals surface area (Å²) in [5.41, 5.74) is 2.29. The maximum absolute atomic E-state index is 12.9. The summed E-state index contributed by atoms with van der Waals surface area (Å²) in [6, 6.07) is 11.7. The number of hydrogen-bond acceptors (Lipinski definition) is 8. The van der Waals surface area contributed by atoms with E-state index in [-0.39, 0.29) is 13.2 Å². The molecule has 8 heteroatoms. The molecule has 0 saturated carbocycles. The molecule has 4 aromatic rings. The van der Waals surface area contributed by atoms with Crippen LogP contribution in [0.2, 0.25) is 0 Å². The smallest absolute Gasteiger partial charge is 0.338 e. The number of thiophene rings is 3. The van der Waals surface area contributed by atoms with E-state index >= 15 is 0 Å². The van der Waals surface area contributed by atoms with E-state index in [4.69, 9.17) is 9.47 Å². The Labute approximate surface area is 196 Å². The van der Waals surface area contributed by atoms with Crippen molar-refractivity contribution in [1.82, 2.24) is 0 Å². The summed E-state index contributed by atoms with van der Waals surface area (Å²) in [6.07, 6.45) is 2.06. The molecule has 4 nitrogen and oxygen atoms in total. The molecule has 0 fully saturated rings. The SMILES string of the molecule is CCOC(=O)c1cc(-c2cc3sc(SC)cc3s2)c(C(=O)OCC)cc1-c1cccs1. The Morgan fingerprint density at radius 2 is 1.48 bits per heavy atom. The van der Waals surface area contributed by atoms with Crippen molar-refractivity contribution in [3.8, 4) is 20.9 Å². The molecule has 0 aliphatic carbocycles. The van der Waals surface area contributed by atoms with Crippen LogP contribution in [0.25, 0.3) is 30.3 Å². The zero-order valence-corrected chi connectivity index (χ0v) is 20.5. The Hall–Kier alpha value is -2.13. The predicted molar refractivity (Wildman–Crippen MR) is 132 cm³/mol. The molecule has 1 aromatic carbocycles. The van der Waals surface area contributed by atoms with Gasteiger partial charge in [0.25, 0.3) is 0 Å². The molecule has 31 heavy (non-hydrogen) atoms. The van der Waals surface area contributed by atoms with Crippen molar-refractivity contribution < 1.29 is 19.1 Å². The van der Waals surface area contributed by atoms with Crippen LogP contribution in [0, 0.1) is 0 Å². The first-order valence-electron chi connectivity index (χ1n) is 9.69. The number of benzene rings is 1. The average Bonchev–Trinajstić information content (AvgIpc) is 3.49. The molecule has 0 saturated heterocycles. The molecule has 0 bridgehead atoms. The van der Waals surface area contributed by atoms with Gasteiger partial charge in [-0.25, -0.2) is 9.59 Å². The average molecular weight is 489 g/mol. The largest absolute Gasteiger partial charge is 0.462 e. The Kier molecular flexibility index (Phi) is 6.81. The molecule has 0 spiro atoms. The zero-order valence-electron chi connectivity index (χ0n) is 17.2. The molecule has 3 heterocycles. The fourth-order valence-corrected chi connectivity index (χ4v) is 7.07. The second-order valence-electron chi connectivity index (χ2n) is 6.47. The first-order valence-corrected chi connectivity index (χ1v) is 13.4. The molecule has 0 atom stereocenters. The Bertz CT molecular complexity index is 1200. The summed E-state index contributed by atoms with van der Waals surface area (Å²) in [5.74, 6) is -0.794. The van der Waals surface area contributed by atoms with Gasteiger partial charge in [0.05, 0.1) is 28.5 Å². The zero-order chi connectivity index (χ0) is 22.0. The third-order valence-electron chi connectivity index (χ3n) is 4.59. The summed E-state index contributed by atoms with van der Waals surface area (Å²) in [6.45, 7) is 4.13. The van der Waals surface area contributed by atoms with E-state index in [1.165, 1.54) is 24.9 Å². The fourth-order valence-electron chi connectivity index (χ4n) is 3.24. The minimum absolute atomic E-state index is 0.281. The summed E-state index contributed by atoms with van der Waals surface area (Å²) in [7, 11) is 0. The molecule has 4 rings (SSSR count). The highest BCUT2D eigenvalue weighted by molar-refractivity contribution is 8.00. The molecule has 160 valence electrons. The van der Waals surface area contributed by atoms with Crippen LogP contribution >= 0.6 is 45.8 Å². The van der Waals surface area contributed by atoms with Gasteiger partial charge < -0.3 is 9.47 Å². The van der Waals surface area contributed by atoms with Gasteiger partial charge in [-0.2, -0.15) is 0 Å². The van der Waals surface area contributed by atoms with Crippen LogP contribution < -0.4 is 0 Å². The van der Waals surface area contributed by atoms with E-state index in [0.29, 0.717) is 22.3 Å². The number of esters is 2. The van der Waals surface area contributed by atoms with Crippen molar-refractivity contribution in [2.24, 2.45) is 0 Å². The van der Waals surface area contributed by atoms with Gasteiger partial charge in [0, 0.05) is 30.3 Å². The van der Waals surface area contributed by atoms with E-state index in [2.05, 4.69) is 18.4 Å². The summed E-state index contributed by atoms with van der Waals surface area (Å²) in [4.78, 5) is 27.5. The molecule has 3 aromatic heterocycles. The van der Waals surface area contributed by atoms with Gasteiger partial charge in [-0.1, -0.05) is 6.07 Å². The highest BCUT2D eigenvalue weighted by Crippen LogP contribution is 2.43. The standard InChI is InChI=1S/C23H20O4S4/c1-4-26-22(24)15-10-14(18-11-19-20(30-18)12-21(28-3)31-19)16(23(25)27-5-2)9-13(15)17-7-6-8-29-17/h6-12H,4-5H2,1-3H3. The van der Waals surface area contributed by atoms with Crippen LogP contribution in [0.1, 0.15) is 34.6 Å². The Morgan fingerprint density at radius 3 is 2.00 bits per heavy atom. The normalized spacial score (nSPS) is 11.1. The second-order valence-corrected chi connectivity index (χ2v) is 10.7. The van der Waals surface area contributed by atoms with Crippen LogP contribution in [-0.4, -0.2) is 31.4 Å². The highest BCUT2D eigenvalue weighted by atomic mass is 32.2. The lowest BCUT2D eigenvalue weighted by Gasteiger charge is -2.14. The van der Waals surface area contributed by atoms with Gasteiger partial charge in [-0.05, 0) is 55.8 Å². The second kappa shape index (κ2) is 9.56. The third-order valence-corrected chi connectivity index (χ3v) is 8.88. The van der Waals surface area contributed by atoms with Crippen LogP contribution in [0.3, 0.4) is 0 Å². The van der Waals surface area contributed by atoms with Gasteiger partial charge in [0.1, 0.15) is 0 Å². The Balaban J connectivity index is 1.94. The van der Waals surface area contributed by atoms with E-state index < -0.39 is 11.9 Å². The number of rotatable bonds is 7. The summed E-state index contributed by atoms with van der Waals surface area (Å²) >= 11 is 6.57. The minimum Gasteiger partial charge on any atom is -0.462 e. The number of fused-ring (bicyclic) bond motifs is 1. The lowest BCUT2D eigenvalue weighted by Crippen LogP contribution is -2.11. The molecule has 0 unspecified atom stereocenters. The molecular weight excluding hydrogens is 469 g/mol. The van der Waals surface area contributed by atoms with E-state index in [0.717, 1.165) is 9.75 Å². The van der Waals surface area contributed by atoms with Crippen molar-refractivity contribution in [3.63, 3.8) is 0 Å². The van der Waals surface area contributed by atoms with Gasteiger partial charge >= 0.3 is 11.9 Å². The van der Waals surface area contributed by atoms with Crippen molar-refractivity contribution in [1.29, 1.82) is 0 Å². The van der Waals surface area contributed by atoms with Crippen LogP contribution in [0.15, 0.2) is 46.0 Å². The van der Waals surface area contributed by atoms with E-state index in [9.17, 15) is 9.59 Å². The van der Waals surface area contributed by atoms with Crippen molar-refractivity contribution in [2.45, 2.75) is 18.1 Å². The minimum atomic E-state index is -0.398. The topological polar surface area (TPSA) is 52.6 Å². The molecule has 0 N–H and O–H groups in total. The maximum atomic E-state index is 12.9. The van der Waals surface area contributed by atoms with Crippen LogP contribution in [0.4, 0.5) is 0 Å². The molecule has 0 amide bonds. The van der Waals surface area contributed by atoms with Crippen molar-refractivity contribution in [3.05, 3.63) is 52.9 Å². The fraction of sp³-hybridized carbons (Fsp3) is 0.217. The monoisotopic (exact) mass is 488 g/mol. The molecule has 0 radical (unpaired) electrons. The first kappa shape index (κ1) is 22.1. The lowest BCUT2D eigenvalue weighted by atomic mass is 9.96. The van der Waals surface area contributed by atoms with E-state index in [1.807, 2.05) is 17.5 Å². The van der Waals surface area contributed by atoms with Gasteiger partial charge in [-0.15, -0.1) is 45.8 Å². The van der Waals surface area contributed by atoms with Crippen LogP contribution in [0.5, 0.6) is 0 Å². The predicted octanol–water partition coefficient (Wildman–Crippen LogP) is 7.43. The molecular formula is C23H20O4S4. The van der Waals surface area contributed by atoms with Gasteiger partial charge in [0.15, 0.2) is 0 Å². The lowest BCUT2D eigenvalue weighted by molar-refractivity contribution is 0.0513. The maximum Gasteiger partial charge on any atom is 0.338 e. The van der Waals surface area contributed by atoms with Crippen LogP contribution in [-0.2, 0) is 9.47 Å². The number of thioether (sulfide) groups is 1. The Morgan fingerprint density at radius 1 is 0.871 bits per heavy atom. The van der Waals surface area contributed by atoms with E-state index in [1.54, 1.807) is 60.4 Å². The van der Waals surface area contributed by atoms with Crippen molar-refractivity contribution >= 4 is 67.1 Å². The molecule has 0 aliphatic heterocycles. The number of carbonyl (C=O) groups excluding carboxylic acids is 2. The quantitative estimate of drug-likeness (QED) is 0.200. The summed E-state index contributed by atoms with van der Waals surface area (Å²) < 4.78 is 14.3. The highest BCUT2D eigenvalue weighted by Gasteiger charge is 2.24.